The molecule has 23 heavy (non-hydrogen) atoms. The van der Waals surface area contributed by atoms with Gasteiger partial charge in [-0.25, -0.2) is 0 Å². The van der Waals surface area contributed by atoms with E-state index in [1.807, 2.05) is 18.2 Å². The van der Waals surface area contributed by atoms with E-state index in [9.17, 15) is 0 Å². The van der Waals surface area contributed by atoms with Crippen LogP contribution in [0.3, 0.4) is 0 Å². The molecule has 1 atom stereocenters. The second-order valence-corrected chi connectivity index (χ2v) is 6.15. The molecule has 1 aliphatic heterocycles. The van der Waals surface area contributed by atoms with Crippen LogP contribution in [0, 0.1) is 0 Å². The van der Waals surface area contributed by atoms with Gasteiger partial charge in [0.15, 0.2) is 5.82 Å². The minimum absolute atomic E-state index is 0.505. The number of piperidine rings is 1. The van der Waals surface area contributed by atoms with Crippen molar-refractivity contribution in [2.24, 2.45) is 0 Å². The minimum Gasteiger partial charge on any atom is -0.354 e. The Bertz CT molecular complexity index is 624. The predicted molar refractivity (Wildman–Crippen MR) is 95.4 cm³/mol. The van der Waals surface area contributed by atoms with Crippen LogP contribution >= 0.6 is 0 Å². The molecule has 4 nitrogen and oxygen atoms in total. The second-order valence-electron chi connectivity index (χ2n) is 6.15. The van der Waals surface area contributed by atoms with E-state index in [0.717, 1.165) is 25.5 Å². The van der Waals surface area contributed by atoms with E-state index in [4.69, 9.17) is 0 Å². The van der Waals surface area contributed by atoms with E-state index in [-0.39, 0.29) is 0 Å². The van der Waals surface area contributed by atoms with Crippen molar-refractivity contribution in [3.8, 4) is 0 Å². The highest BCUT2D eigenvalue weighted by atomic mass is 15.3. The number of hydrogen-bond donors (Lipinski definition) is 1. The Kier molecular flexibility index (Phi) is 5.37. The van der Waals surface area contributed by atoms with Crippen LogP contribution in [0.25, 0.3) is 6.08 Å². The van der Waals surface area contributed by atoms with Crippen LogP contribution in [0.15, 0.2) is 54.2 Å². The van der Waals surface area contributed by atoms with Gasteiger partial charge in [0.25, 0.3) is 0 Å². The van der Waals surface area contributed by atoms with Crippen LogP contribution in [0.4, 0.5) is 5.82 Å². The molecule has 2 aromatic rings. The molecule has 0 aliphatic carbocycles. The van der Waals surface area contributed by atoms with Gasteiger partial charge in [-0.2, -0.15) is 5.10 Å². The van der Waals surface area contributed by atoms with Crippen molar-refractivity contribution in [2.45, 2.75) is 25.8 Å². The molecular formula is C19H24N4. The molecule has 0 saturated carbocycles. The Hall–Kier alpha value is -2.20. The summed E-state index contributed by atoms with van der Waals surface area (Å²) in [5.74, 6) is 0.982. The molecule has 1 aliphatic rings. The summed E-state index contributed by atoms with van der Waals surface area (Å²) in [7, 11) is 0. The lowest BCUT2D eigenvalue weighted by Gasteiger charge is -2.33. The molecule has 3 rings (SSSR count). The van der Waals surface area contributed by atoms with Gasteiger partial charge in [-0.05, 0) is 37.5 Å². The summed E-state index contributed by atoms with van der Waals surface area (Å²) in [5, 5.41) is 11.9. The predicted octanol–water partition coefficient (Wildman–Crippen LogP) is 3.14. The van der Waals surface area contributed by atoms with E-state index in [1.165, 1.54) is 24.0 Å². The number of nitrogens with zero attached hydrogens (tertiary/aromatic N) is 3. The molecule has 1 saturated heterocycles. The topological polar surface area (TPSA) is 41.0 Å². The van der Waals surface area contributed by atoms with E-state index in [1.54, 1.807) is 6.20 Å². The van der Waals surface area contributed by atoms with Crippen LogP contribution in [0.1, 0.15) is 25.3 Å². The quantitative estimate of drug-likeness (QED) is 0.921. The Morgan fingerprint density at radius 1 is 1.26 bits per heavy atom. The SMILES string of the molecule is C/C(=C\c1ccccc1)CN[C@@H]1CCCN(c2cccnn2)C1. The molecule has 120 valence electrons. The van der Waals surface area contributed by atoms with Gasteiger partial charge in [0, 0.05) is 31.9 Å². The number of benzene rings is 1. The fourth-order valence-electron chi connectivity index (χ4n) is 3.00. The Balaban J connectivity index is 1.53. The summed E-state index contributed by atoms with van der Waals surface area (Å²) in [6.45, 7) is 5.17. The minimum atomic E-state index is 0.505. The third-order valence-corrected chi connectivity index (χ3v) is 4.19. The maximum Gasteiger partial charge on any atom is 0.151 e. The average Bonchev–Trinajstić information content (AvgIpc) is 2.62. The van der Waals surface area contributed by atoms with Gasteiger partial charge in [-0.3, -0.25) is 0 Å². The van der Waals surface area contributed by atoms with Crippen molar-refractivity contribution in [1.29, 1.82) is 0 Å². The summed E-state index contributed by atoms with van der Waals surface area (Å²) < 4.78 is 0. The first-order chi connectivity index (χ1) is 11.3. The number of anilines is 1. The highest BCUT2D eigenvalue weighted by molar-refractivity contribution is 5.52. The van der Waals surface area contributed by atoms with Gasteiger partial charge in [-0.1, -0.05) is 42.0 Å². The molecule has 0 spiro atoms. The first kappa shape index (κ1) is 15.7. The maximum atomic E-state index is 4.22. The summed E-state index contributed by atoms with van der Waals surface area (Å²) >= 11 is 0. The van der Waals surface area contributed by atoms with Crippen LogP contribution in [0.5, 0.6) is 0 Å². The maximum absolute atomic E-state index is 4.22. The van der Waals surface area contributed by atoms with Gasteiger partial charge >= 0.3 is 0 Å². The lowest BCUT2D eigenvalue weighted by molar-refractivity contribution is 0.432. The molecule has 0 unspecified atom stereocenters. The summed E-state index contributed by atoms with van der Waals surface area (Å²) in [5.41, 5.74) is 2.62. The Labute approximate surface area is 138 Å². The van der Waals surface area contributed by atoms with Gasteiger partial charge in [0.2, 0.25) is 0 Å². The van der Waals surface area contributed by atoms with E-state index in [2.05, 4.69) is 57.7 Å². The van der Waals surface area contributed by atoms with Gasteiger partial charge in [0.1, 0.15) is 0 Å². The van der Waals surface area contributed by atoms with E-state index >= 15 is 0 Å². The molecule has 1 fully saturated rings. The highest BCUT2D eigenvalue weighted by Crippen LogP contribution is 2.17. The zero-order valence-corrected chi connectivity index (χ0v) is 13.7. The summed E-state index contributed by atoms with van der Waals surface area (Å²) in [4.78, 5) is 2.32. The van der Waals surface area contributed by atoms with Crippen molar-refractivity contribution in [1.82, 2.24) is 15.5 Å². The van der Waals surface area contributed by atoms with Crippen molar-refractivity contribution in [3.63, 3.8) is 0 Å². The molecule has 1 aromatic carbocycles. The Morgan fingerprint density at radius 2 is 2.13 bits per heavy atom. The molecular weight excluding hydrogens is 284 g/mol. The lowest BCUT2D eigenvalue weighted by atomic mass is 10.0. The normalized spacial score (nSPS) is 18.9. The van der Waals surface area contributed by atoms with Gasteiger partial charge in [0.05, 0.1) is 0 Å². The fourth-order valence-corrected chi connectivity index (χ4v) is 3.00. The smallest absolute Gasteiger partial charge is 0.151 e. The van der Waals surface area contributed by atoms with Crippen LogP contribution in [0.2, 0.25) is 0 Å². The first-order valence-electron chi connectivity index (χ1n) is 8.29. The molecule has 4 heteroatoms. The van der Waals surface area contributed by atoms with E-state index < -0.39 is 0 Å². The molecule has 0 bridgehead atoms. The van der Waals surface area contributed by atoms with Crippen molar-refractivity contribution in [2.75, 3.05) is 24.5 Å². The standard InChI is InChI=1S/C19H24N4/c1-16(13-17-7-3-2-4-8-17)14-20-18-9-6-12-23(15-18)19-10-5-11-21-22-19/h2-5,7-8,10-11,13,18,20H,6,9,12,14-15H2,1H3/b16-13+/t18-/m1/s1. The fraction of sp³-hybridized carbons (Fsp3) is 0.368. The van der Waals surface area contributed by atoms with Crippen LogP contribution in [-0.2, 0) is 0 Å². The molecule has 1 N–H and O–H groups in total. The van der Waals surface area contributed by atoms with Crippen LogP contribution in [-0.4, -0.2) is 35.9 Å². The van der Waals surface area contributed by atoms with Crippen molar-refractivity contribution >= 4 is 11.9 Å². The third kappa shape index (κ3) is 4.63. The molecule has 0 amide bonds. The monoisotopic (exact) mass is 308 g/mol. The molecule has 2 heterocycles. The Morgan fingerprint density at radius 3 is 2.91 bits per heavy atom. The zero-order valence-electron chi connectivity index (χ0n) is 13.7. The first-order valence-corrected chi connectivity index (χ1v) is 8.29. The van der Waals surface area contributed by atoms with Gasteiger partial charge < -0.3 is 10.2 Å². The largest absolute Gasteiger partial charge is 0.354 e. The lowest BCUT2D eigenvalue weighted by Crippen LogP contribution is -2.46. The van der Waals surface area contributed by atoms with E-state index in [0.29, 0.717) is 6.04 Å². The molecule has 1 aromatic heterocycles. The number of aromatic nitrogens is 2. The van der Waals surface area contributed by atoms with Gasteiger partial charge in [-0.15, -0.1) is 5.10 Å². The third-order valence-electron chi connectivity index (χ3n) is 4.19. The average molecular weight is 308 g/mol. The van der Waals surface area contributed by atoms with Crippen molar-refractivity contribution in [3.05, 3.63) is 59.8 Å². The summed E-state index contributed by atoms with van der Waals surface area (Å²) in [6.07, 6.45) is 6.38. The second kappa shape index (κ2) is 7.88. The summed E-state index contributed by atoms with van der Waals surface area (Å²) in [6, 6.07) is 15.0. The molecule has 0 radical (unpaired) electrons. The van der Waals surface area contributed by atoms with Crippen LogP contribution < -0.4 is 10.2 Å². The number of hydrogen-bond acceptors (Lipinski definition) is 4. The number of rotatable bonds is 5. The number of nitrogens with one attached hydrogen (secondary N) is 1. The highest BCUT2D eigenvalue weighted by Gasteiger charge is 2.20. The zero-order chi connectivity index (χ0) is 15.9. The van der Waals surface area contributed by atoms with Crippen molar-refractivity contribution < 1.29 is 0 Å².